The van der Waals surface area contributed by atoms with Crippen LogP contribution in [0.3, 0.4) is 0 Å². The summed E-state index contributed by atoms with van der Waals surface area (Å²) < 4.78 is 0. The summed E-state index contributed by atoms with van der Waals surface area (Å²) in [6, 6.07) is 5.82. The Bertz CT molecular complexity index is 816. The Morgan fingerprint density at radius 1 is 1.00 bits per heavy atom. The quantitative estimate of drug-likeness (QED) is 0.214. The third-order valence-electron chi connectivity index (χ3n) is 4.88. The Morgan fingerprint density at radius 3 is 2.16 bits per heavy atom. The number of amides is 4. The number of primary amides is 1. The van der Waals surface area contributed by atoms with E-state index in [0.29, 0.717) is 6.42 Å². The minimum Gasteiger partial charge on any atom is -0.480 e. The molecule has 176 valence electrons. The molecule has 4 atom stereocenters. The second-order valence-electron chi connectivity index (χ2n) is 7.51. The number of carboxylic acids is 1. The Morgan fingerprint density at radius 2 is 1.62 bits per heavy atom. The maximum Gasteiger partial charge on any atom is 0.322 e. The monoisotopic (exact) mass is 449 g/mol. The molecule has 0 spiro atoms. The fraction of sp³-hybridized carbons (Fsp3) is 0.476. The van der Waals surface area contributed by atoms with E-state index in [1.54, 1.807) is 6.92 Å². The number of nitrogens with two attached hydrogens (primary N) is 2. The summed E-state index contributed by atoms with van der Waals surface area (Å²) in [5.74, 6) is -4.62. The zero-order valence-electron chi connectivity index (χ0n) is 18.2. The Hall–Kier alpha value is -3.47. The first-order chi connectivity index (χ1) is 15.0. The highest BCUT2D eigenvalue weighted by Gasteiger charge is 2.31. The van der Waals surface area contributed by atoms with Gasteiger partial charge in [0.1, 0.15) is 18.6 Å². The largest absolute Gasteiger partial charge is 0.480 e. The molecule has 4 amide bonds. The van der Waals surface area contributed by atoms with Gasteiger partial charge in [0, 0.05) is 0 Å². The van der Waals surface area contributed by atoms with Gasteiger partial charge in [-0.15, -0.1) is 0 Å². The Balaban J connectivity index is 2.89. The standard InChI is InChI=1S/C21H31N5O6/c1-3-12(2)18(26-19(30)14(22)9-13-7-5-4-6-8-13)21(32)25-15(10-16(23)27)20(31)24-11-17(28)29/h4-8,12,14-15,18H,3,9-11,22H2,1-2H3,(H2,23,27)(H,24,31)(H,25,32)(H,26,30)(H,28,29). The smallest absolute Gasteiger partial charge is 0.322 e. The minimum absolute atomic E-state index is 0.267. The van der Waals surface area contributed by atoms with Gasteiger partial charge >= 0.3 is 5.97 Å². The molecule has 0 heterocycles. The Labute approximate surface area is 186 Å². The zero-order chi connectivity index (χ0) is 24.3. The predicted octanol–water partition coefficient (Wildman–Crippen LogP) is -1.35. The van der Waals surface area contributed by atoms with E-state index in [4.69, 9.17) is 16.6 Å². The predicted molar refractivity (Wildman–Crippen MR) is 116 cm³/mol. The molecule has 0 radical (unpaired) electrons. The summed E-state index contributed by atoms with van der Waals surface area (Å²) in [6.45, 7) is 2.87. The molecule has 32 heavy (non-hydrogen) atoms. The first kappa shape index (κ1) is 26.6. The highest BCUT2D eigenvalue weighted by Crippen LogP contribution is 2.10. The first-order valence-electron chi connectivity index (χ1n) is 10.2. The van der Waals surface area contributed by atoms with Crippen molar-refractivity contribution in [1.29, 1.82) is 0 Å². The number of hydrogen-bond donors (Lipinski definition) is 6. The number of carbonyl (C=O) groups excluding carboxylic acids is 4. The topological polar surface area (TPSA) is 194 Å². The van der Waals surface area contributed by atoms with Crippen LogP contribution >= 0.6 is 0 Å². The summed E-state index contributed by atoms with van der Waals surface area (Å²) >= 11 is 0. The summed E-state index contributed by atoms with van der Waals surface area (Å²) in [4.78, 5) is 59.7. The average Bonchev–Trinajstić information content (AvgIpc) is 2.74. The van der Waals surface area contributed by atoms with E-state index in [0.717, 1.165) is 5.56 Å². The molecule has 0 aromatic heterocycles. The normalized spacial score (nSPS) is 14.3. The van der Waals surface area contributed by atoms with Crippen molar-refractivity contribution in [2.75, 3.05) is 6.54 Å². The summed E-state index contributed by atoms with van der Waals surface area (Å²) in [7, 11) is 0. The number of carbonyl (C=O) groups is 5. The van der Waals surface area contributed by atoms with E-state index >= 15 is 0 Å². The van der Waals surface area contributed by atoms with Gasteiger partial charge in [0.25, 0.3) is 0 Å². The molecular weight excluding hydrogens is 418 g/mol. The molecule has 0 aliphatic rings. The molecule has 4 unspecified atom stereocenters. The van der Waals surface area contributed by atoms with Crippen LogP contribution in [-0.2, 0) is 30.4 Å². The lowest BCUT2D eigenvalue weighted by molar-refractivity contribution is -0.139. The van der Waals surface area contributed by atoms with Gasteiger partial charge in [-0.2, -0.15) is 0 Å². The molecule has 0 fully saturated rings. The van der Waals surface area contributed by atoms with E-state index < -0.39 is 60.7 Å². The van der Waals surface area contributed by atoms with Gasteiger partial charge in [0.05, 0.1) is 12.5 Å². The van der Waals surface area contributed by atoms with Crippen molar-refractivity contribution in [3.63, 3.8) is 0 Å². The van der Waals surface area contributed by atoms with Crippen LogP contribution in [0.15, 0.2) is 30.3 Å². The molecule has 0 aliphatic heterocycles. The van der Waals surface area contributed by atoms with Crippen LogP contribution < -0.4 is 27.4 Å². The lowest BCUT2D eigenvalue weighted by Gasteiger charge is -2.27. The van der Waals surface area contributed by atoms with Gasteiger partial charge in [0.2, 0.25) is 23.6 Å². The van der Waals surface area contributed by atoms with Crippen molar-refractivity contribution in [2.45, 2.75) is 51.2 Å². The van der Waals surface area contributed by atoms with Gasteiger partial charge in [-0.3, -0.25) is 24.0 Å². The number of carboxylic acid groups (broad SMARTS) is 1. The lowest BCUT2D eigenvalue weighted by Crippen LogP contribution is -2.58. The average molecular weight is 450 g/mol. The van der Waals surface area contributed by atoms with Gasteiger partial charge in [-0.05, 0) is 17.9 Å². The van der Waals surface area contributed by atoms with Crippen molar-refractivity contribution >= 4 is 29.6 Å². The molecule has 1 rings (SSSR count). The van der Waals surface area contributed by atoms with Crippen molar-refractivity contribution in [3.8, 4) is 0 Å². The molecular formula is C21H31N5O6. The third-order valence-corrected chi connectivity index (χ3v) is 4.88. The van der Waals surface area contributed by atoms with Crippen LogP contribution in [0.2, 0.25) is 0 Å². The third kappa shape index (κ3) is 9.13. The van der Waals surface area contributed by atoms with Gasteiger partial charge < -0.3 is 32.5 Å². The first-order valence-corrected chi connectivity index (χ1v) is 10.2. The maximum absolute atomic E-state index is 12.9. The van der Waals surface area contributed by atoms with Crippen LogP contribution in [0, 0.1) is 5.92 Å². The van der Waals surface area contributed by atoms with Crippen molar-refractivity contribution < 1.29 is 29.1 Å². The van der Waals surface area contributed by atoms with Crippen LogP contribution in [0.25, 0.3) is 0 Å². The number of rotatable bonds is 13. The highest BCUT2D eigenvalue weighted by atomic mass is 16.4. The summed E-state index contributed by atoms with van der Waals surface area (Å²) in [5.41, 5.74) is 12.0. The molecule has 1 aromatic rings. The molecule has 0 saturated carbocycles. The molecule has 11 nitrogen and oxygen atoms in total. The molecule has 8 N–H and O–H groups in total. The zero-order valence-corrected chi connectivity index (χ0v) is 18.2. The van der Waals surface area contributed by atoms with Crippen LogP contribution in [0.5, 0.6) is 0 Å². The van der Waals surface area contributed by atoms with Crippen molar-refractivity contribution in [2.24, 2.45) is 17.4 Å². The van der Waals surface area contributed by atoms with Crippen LogP contribution in [0.1, 0.15) is 32.3 Å². The number of hydrogen-bond acceptors (Lipinski definition) is 6. The molecule has 0 saturated heterocycles. The number of benzene rings is 1. The van der Waals surface area contributed by atoms with Crippen molar-refractivity contribution in [1.82, 2.24) is 16.0 Å². The molecule has 0 aliphatic carbocycles. The number of aliphatic carboxylic acids is 1. The van der Waals surface area contributed by atoms with Gasteiger partial charge in [-0.1, -0.05) is 50.6 Å². The second-order valence-corrected chi connectivity index (χ2v) is 7.51. The molecule has 11 heteroatoms. The van der Waals surface area contributed by atoms with Gasteiger partial charge in [0.15, 0.2) is 0 Å². The molecule has 1 aromatic carbocycles. The SMILES string of the molecule is CCC(C)C(NC(=O)C(N)Cc1ccccc1)C(=O)NC(CC(N)=O)C(=O)NCC(=O)O. The highest BCUT2D eigenvalue weighted by molar-refractivity contribution is 5.95. The fourth-order valence-electron chi connectivity index (χ4n) is 2.88. The van der Waals surface area contributed by atoms with E-state index in [9.17, 15) is 24.0 Å². The second kappa shape index (κ2) is 13.1. The van der Waals surface area contributed by atoms with E-state index in [-0.39, 0.29) is 12.3 Å². The van der Waals surface area contributed by atoms with Gasteiger partial charge in [-0.25, -0.2) is 0 Å². The summed E-state index contributed by atoms with van der Waals surface area (Å²) in [5, 5.41) is 15.8. The lowest BCUT2D eigenvalue weighted by atomic mass is 9.96. The minimum atomic E-state index is -1.39. The van der Waals surface area contributed by atoms with Crippen LogP contribution in [-0.4, -0.2) is 59.4 Å². The van der Waals surface area contributed by atoms with Crippen molar-refractivity contribution in [3.05, 3.63) is 35.9 Å². The maximum atomic E-state index is 12.9. The van der Waals surface area contributed by atoms with E-state index in [1.165, 1.54) is 0 Å². The molecule has 0 bridgehead atoms. The number of nitrogens with one attached hydrogen (secondary N) is 3. The fourth-order valence-corrected chi connectivity index (χ4v) is 2.88. The van der Waals surface area contributed by atoms with E-state index in [2.05, 4.69) is 16.0 Å². The van der Waals surface area contributed by atoms with E-state index in [1.807, 2.05) is 37.3 Å². The Kier molecular flexibility index (Phi) is 10.8. The summed E-state index contributed by atoms with van der Waals surface area (Å²) in [6.07, 6.45) is 0.257. The van der Waals surface area contributed by atoms with Crippen LogP contribution in [0.4, 0.5) is 0 Å².